The lowest BCUT2D eigenvalue weighted by Gasteiger charge is -2.39. The van der Waals surface area contributed by atoms with Gasteiger partial charge in [0.2, 0.25) is 0 Å². The molecule has 15 heteroatoms. The van der Waals surface area contributed by atoms with Crippen molar-refractivity contribution >= 4 is 15.9 Å². The van der Waals surface area contributed by atoms with Crippen molar-refractivity contribution in [3.05, 3.63) is 34.9 Å². The molecule has 32 heavy (non-hydrogen) atoms. The molecule has 0 saturated heterocycles. The number of hydrogen-bond acceptors (Lipinski definition) is 2. The molecular weight excluding hydrogens is 544 g/mol. The smallest absolute Gasteiger partial charge is 0.357 e. The summed E-state index contributed by atoms with van der Waals surface area (Å²) in [6, 6.07) is -0.0692. The molecule has 0 aliphatic rings. The molecule has 0 atom stereocenters. The predicted molar refractivity (Wildman–Crippen MR) is 90.2 cm³/mol. The highest BCUT2D eigenvalue weighted by Crippen LogP contribution is 2.56. The highest BCUT2D eigenvalue weighted by atomic mass is 79.9. The summed E-state index contributed by atoms with van der Waals surface area (Å²) in [5.41, 5.74) is -15.1. The third-order valence-corrected chi connectivity index (χ3v) is 5.17. The molecule has 0 amide bonds. The van der Waals surface area contributed by atoms with E-state index in [9.17, 15) is 52.7 Å². The number of aryl methyl sites for hydroxylation is 1. The summed E-state index contributed by atoms with van der Waals surface area (Å²) in [5.74, 6) is 0. The van der Waals surface area contributed by atoms with Gasteiger partial charge in [-0.25, -0.2) is 0 Å². The van der Waals surface area contributed by atoms with Crippen LogP contribution in [0.15, 0.2) is 18.2 Å². The maximum atomic E-state index is 13.6. The van der Waals surface area contributed by atoms with E-state index in [0.29, 0.717) is 0 Å². The summed E-state index contributed by atoms with van der Waals surface area (Å²) >= 11 is 2.91. The van der Waals surface area contributed by atoms with Crippen LogP contribution in [0.5, 0.6) is 0 Å². The molecule has 0 bridgehead atoms. The first kappa shape index (κ1) is 28.8. The Kier molecular flexibility index (Phi) is 8.28. The molecule has 1 rings (SSSR count). The van der Waals surface area contributed by atoms with Gasteiger partial charge in [-0.05, 0) is 24.5 Å². The third-order valence-electron chi connectivity index (χ3n) is 4.61. The minimum absolute atomic E-state index is 0.0110. The van der Waals surface area contributed by atoms with Crippen LogP contribution in [0.4, 0.5) is 52.7 Å². The van der Waals surface area contributed by atoms with E-state index < -0.39 is 65.1 Å². The summed E-state index contributed by atoms with van der Waals surface area (Å²) in [6.45, 7) is 0. The van der Waals surface area contributed by atoms with Gasteiger partial charge in [0, 0.05) is 30.7 Å². The zero-order valence-corrected chi connectivity index (χ0v) is 17.7. The number of ether oxygens (including phenoxy) is 2. The van der Waals surface area contributed by atoms with Gasteiger partial charge in [0.1, 0.15) is 0 Å². The summed E-state index contributed by atoms with van der Waals surface area (Å²) in [4.78, 5) is 0. The normalized spacial score (nSPS) is 14.7. The standard InChI is InChI=1S/C17H15BrF12O2/c1-31-12(14(19,20)21,15(22,23)24)10-6-9(4-3-5-18)7-11(8-10)13(32-2,16(25,26)27)17(28,29)30/h6-8H,3-5H2,1-2H3. The minimum atomic E-state index is -6.29. The first-order valence-corrected chi connectivity index (χ1v) is 9.47. The van der Waals surface area contributed by atoms with Crippen molar-refractivity contribution in [3.8, 4) is 0 Å². The fourth-order valence-electron chi connectivity index (χ4n) is 3.19. The maximum Gasteiger partial charge on any atom is 0.430 e. The second kappa shape index (κ2) is 9.20. The molecule has 0 unspecified atom stereocenters. The first-order valence-electron chi connectivity index (χ1n) is 8.35. The van der Waals surface area contributed by atoms with Crippen LogP contribution < -0.4 is 0 Å². The van der Waals surface area contributed by atoms with Crippen LogP contribution in [0.1, 0.15) is 23.1 Å². The Morgan fingerprint density at radius 3 is 1.16 bits per heavy atom. The molecule has 0 radical (unpaired) electrons. The number of alkyl halides is 13. The third kappa shape index (κ3) is 4.69. The minimum Gasteiger partial charge on any atom is -0.357 e. The van der Waals surface area contributed by atoms with Crippen molar-refractivity contribution in [2.45, 2.75) is 48.7 Å². The van der Waals surface area contributed by atoms with Gasteiger partial charge in [0.05, 0.1) is 0 Å². The second-order valence-electron chi connectivity index (χ2n) is 6.47. The highest BCUT2D eigenvalue weighted by Gasteiger charge is 2.75. The van der Waals surface area contributed by atoms with E-state index in [4.69, 9.17) is 0 Å². The van der Waals surface area contributed by atoms with Gasteiger partial charge in [-0.1, -0.05) is 28.1 Å². The Balaban J connectivity index is 4.18. The quantitative estimate of drug-likeness (QED) is 0.266. The van der Waals surface area contributed by atoms with E-state index in [1.54, 1.807) is 0 Å². The molecule has 0 aliphatic carbocycles. The van der Waals surface area contributed by atoms with Crippen molar-refractivity contribution in [2.24, 2.45) is 0 Å². The Hall–Kier alpha value is -1.22. The molecule has 0 heterocycles. The van der Waals surface area contributed by atoms with Gasteiger partial charge < -0.3 is 9.47 Å². The molecule has 0 aromatic heterocycles. The summed E-state index contributed by atoms with van der Waals surface area (Å²) < 4.78 is 171. The van der Waals surface area contributed by atoms with E-state index >= 15 is 0 Å². The van der Waals surface area contributed by atoms with Crippen LogP contribution in [-0.4, -0.2) is 44.3 Å². The van der Waals surface area contributed by atoms with Crippen LogP contribution in [0.3, 0.4) is 0 Å². The number of methoxy groups -OCH3 is 2. The van der Waals surface area contributed by atoms with Gasteiger partial charge in [-0.2, -0.15) is 52.7 Å². The lowest BCUT2D eigenvalue weighted by Crippen LogP contribution is -2.57. The molecule has 1 aromatic rings. The Morgan fingerprint density at radius 1 is 0.625 bits per heavy atom. The number of rotatable bonds is 7. The first-order chi connectivity index (χ1) is 14.3. The van der Waals surface area contributed by atoms with E-state index in [2.05, 4.69) is 25.4 Å². The molecule has 186 valence electrons. The van der Waals surface area contributed by atoms with Crippen molar-refractivity contribution < 1.29 is 62.2 Å². The van der Waals surface area contributed by atoms with Crippen molar-refractivity contribution in [2.75, 3.05) is 19.5 Å². The van der Waals surface area contributed by atoms with Crippen molar-refractivity contribution in [3.63, 3.8) is 0 Å². The van der Waals surface area contributed by atoms with E-state index in [1.165, 1.54) is 0 Å². The fourth-order valence-corrected chi connectivity index (χ4v) is 3.47. The Bertz CT molecular complexity index is 693. The Labute approximate surface area is 182 Å². The van der Waals surface area contributed by atoms with Crippen molar-refractivity contribution in [1.29, 1.82) is 0 Å². The van der Waals surface area contributed by atoms with Crippen LogP contribution in [0.2, 0.25) is 0 Å². The molecule has 0 fully saturated rings. The number of hydrogen-bond donors (Lipinski definition) is 0. The monoisotopic (exact) mass is 558 g/mol. The number of benzene rings is 1. The lowest BCUT2D eigenvalue weighted by atomic mass is 9.83. The topological polar surface area (TPSA) is 18.5 Å². The lowest BCUT2D eigenvalue weighted by molar-refractivity contribution is -0.385. The van der Waals surface area contributed by atoms with E-state index in [-0.39, 0.29) is 38.1 Å². The van der Waals surface area contributed by atoms with Gasteiger partial charge in [0.15, 0.2) is 0 Å². The molecule has 1 aromatic carbocycles. The largest absolute Gasteiger partial charge is 0.430 e. The predicted octanol–water partition coefficient (Wildman–Crippen LogP) is 6.95. The second-order valence-corrected chi connectivity index (χ2v) is 7.27. The molecule has 0 saturated carbocycles. The zero-order valence-electron chi connectivity index (χ0n) is 16.1. The highest BCUT2D eigenvalue weighted by molar-refractivity contribution is 9.09. The SMILES string of the molecule is COC(c1cc(CCCBr)cc(C(OC)(C(F)(F)F)C(F)(F)F)c1)(C(F)(F)F)C(F)(F)F. The van der Waals surface area contributed by atoms with Gasteiger partial charge in [0.25, 0.3) is 11.2 Å². The zero-order chi connectivity index (χ0) is 25.4. The molecular formula is C17H15BrF12O2. The summed E-state index contributed by atoms with van der Waals surface area (Å²) in [5, 5.41) is 0.106. The van der Waals surface area contributed by atoms with Crippen molar-refractivity contribution in [1.82, 2.24) is 0 Å². The van der Waals surface area contributed by atoms with Crippen LogP contribution in [-0.2, 0) is 27.1 Å². The van der Waals surface area contributed by atoms with E-state index in [0.717, 1.165) is 0 Å². The number of halogens is 13. The molecule has 0 aliphatic heterocycles. The fraction of sp³-hybridized carbons (Fsp3) is 0.647. The molecule has 2 nitrogen and oxygen atoms in total. The van der Waals surface area contributed by atoms with Gasteiger partial charge in [-0.15, -0.1) is 0 Å². The van der Waals surface area contributed by atoms with Crippen LogP contribution >= 0.6 is 15.9 Å². The Morgan fingerprint density at radius 2 is 0.938 bits per heavy atom. The summed E-state index contributed by atoms with van der Waals surface area (Å²) in [7, 11) is -0.0220. The van der Waals surface area contributed by atoms with Crippen LogP contribution in [0, 0.1) is 0 Å². The molecule has 0 N–H and O–H groups in total. The van der Waals surface area contributed by atoms with Gasteiger partial charge >= 0.3 is 24.7 Å². The summed E-state index contributed by atoms with van der Waals surface area (Å²) in [6.07, 6.45) is -25.7. The average molecular weight is 559 g/mol. The maximum absolute atomic E-state index is 13.6. The average Bonchev–Trinajstić information content (AvgIpc) is 2.56. The van der Waals surface area contributed by atoms with E-state index in [1.807, 2.05) is 0 Å². The van der Waals surface area contributed by atoms with Gasteiger partial charge in [-0.3, -0.25) is 0 Å². The molecule has 0 spiro atoms. The van der Waals surface area contributed by atoms with Crippen LogP contribution in [0.25, 0.3) is 0 Å².